The van der Waals surface area contributed by atoms with E-state index in [1.165, 1.54) is 38.5 Å². The Morgan fingerprint density at radius 1 is 1.00 bits per heavy atom. The molecular formula is C26H25ClF3N3O5S. The molecule has 1 N–H and O–H groups in total. The lowest BCUT2D eigenvalue weighted by Crippen LogP contribution is -2.40. The summed E-state index contributed by atoms with van der Waals surface area (Å²) in [6.45, 7) is 0.890. The Hall–Kier alpha value is -3.77. The molecule has 0 saturated heterocycles. The fourth-order valence-electron chi connectivity index (χ4n) is 3.56. The van der Waals surface area contributed by atoms with Crippen LogP contribution in [0.1, 0.15) is 24.5 Å². The van der Waals surface area contributed by atoms with Gasteiger partial charge in [0.15, 0.2) is 11.5 Å². The van der Waals surface area contributed by atoms with E-state index in [2.05, 4.69) is 10.5 Å². The zero-order valence-corrected chi connectivity index (χ0v) is 22.7. The molecule has 39 heavy (non-hydrogen) atoms. The summed E-state index contributed by atoms with van der Waals surface area (Å²) < 4.78 is 78.3. The third-order valence-corrected chi connectivity index (χ3v) is 7.62. The van der Waals surface area contributed by atoms with Crippen LogP contribution in [0.3, 0.4) is 0 Å². The predicted octanol–water partition coefficient (Wildman–Crippen LogP) is 5.50. The second kappa shape index (κ2) is 12.4. The van der Waals surface area contributed by atoms with Gasteiger partial charge in [-0.25, -0.2) is 13.8 Å². The highest BCUT2D eigenvalue weighted by atomic mass is 35.5. The number of methoxy groups -OCH3 is 2. The average Bonchev–Trinajstić information content (AvgIpc) is 2.92. The highest BCUT2D eigenvalue weighted by molar-refractivity contribution is 7.92. The number of halogens is 4. The van der Waals surface area contributed by atoms with Gasteiger partial charge in [0.1, 0.15) is 6.54 Å². The van der Waals surface area contributed by atoms with E-state index < -0.39 is 39.9 Å². The number of hydrogen-bond donors (Lipinski definition) is 1. The number of hydrogen-bond acceptors (Lipinski definition) is 6. The second-order valence-electron chi connectivity index (χ2n) is 8.01. The molecule has 3 rings (SSSR count). The van der Waals surface area contributed by atoms with E-state index in [9.17, 15) is 26.4 Å². The van der Waals surface area contributed by atoms with Gasteiger partial charge in [0.05, 0.1) is 41.1 Å². The number of carbonyl (C=O) groups excluding carboxylic acids is 1. The van der Waals surface area contributed by atoms with Gasteiger partial charge in [0.2, 0.25) is 0 Å². The van der Waals surface area contributed by atoms with Gasteiger partial charge in [-0.1, -0.05) is 36.7 Å². The molecule has 0 spiro atoms. The lowest BCUT2D eigenvalue weighted by molar-refractivity contribution is -0.137. The number of benzene rings is 3. The van der Waals surface area contributed by atoms with Gasteiger partial charge < -0.3 is 9.47 Å². The molecule has 0 aliphatic carbocycles. The van der Waals surface area contributed by atoms with Crippen LogP contribution in [0, 0.1) is 0 Å². The van der Waals surface area contributed by atoms with Gasteiger partial charge in [0, 0.05) is 5.56 Å². The van der Waals surface area contributed by atoms with Crippen LogP contribution in [0.25, 0.3) is 0 Å². The molecule has 208 valence electrons. The third-order valence-electron chi connectivity index (χ3n) is 5.53. The molecule has 0 aliphatic rings. The largest absolute Gasteiger partial charge is 0.493 e. The number of ether oxygens (including phenoxy) is 2. The van der Waals surface area contributed by atoms with Crippen molar-refractivity contribution in [1.29, 1.82) is 0 Å². The topological polar surface area (TPSA) is 97.3 Å². The predicted molar refractivity (Wildman–Crippen MR) is 142 cm³/mol. The molecule has 0 bridgehead atoms. The van der Waals surface area contributed by atoms with Crippen LogP contribution in [0.4, 0.5) is 18.9 Å². The van der Waals surface area contributed by atoms with Crippen LogP contribution in [-0.4, -0.2) is 40.8 Å². The van der Waals surface area contributed by atoms with Gasteiger partial charge in [-0.05, 0) is 55.0 Å². The number of rotatable bonds is 10. The minimum absolute atomic E-state index is 0.241. The van der Waals surface area contributed by atoms with E-state index in [0.717, 1.165) is 12.1 Å². The average molecular weight is 584 g/mol. The smallest absolute Gasteiger partial charge is 0.416 e. The zero-order valence-electron chi connectivity index (χ0n) is 21.1. The molecule has 3 aromatic rings. The first-order valence-corrected chi connectivity index (χ1v) is 13.3. The lowest BCUT2D eigenvalue weighted by atomic mass is 10.1. The number of alkyl halides is 3. The number of sulfonamides is 1. The molecule has 0 aromatic heterocycles. The number of nitrogens with zero attached hydrogens (tertiary/aromatic N) is 2. The molecule has 0 heterocycles. The third kappa shape index (κ3) is 7.01. The van der Waals surface area contributed by atoms with E-state index in [1.807, 2.05) is 0 Å². The van der Waals surface area contributed by atoms with Crippen molar-refractivity contribution in [3.8, 4) is 11.5 Å². The summed E-state index contributed by atoms with van der Waals surface area (Å²) in [5, 5.41) is 3.82. The number of amides is 1. The number of nitrogens with one attached hydrogen (secondary N) is 1. The Bertz CT molecular complexity index is 1470. The number of hydrazone groups is 1. The lowest BCUT2D eigenvalue weighted by Gasteiger charge is -2.25. The Kier molecular flexibility index (Phi) is 9.46. The summed E-state index contributed by atoms with van der Waals surface area (Å²) in [6, 6.07) is 14.2. The minimum Gasteiger partial charge on any atom is -0.493 e. The Balaban J connectivity index is 1.99. The maximum absolute atomic E-state index is 13.5. The van der Waals surface area contributed by atoms with Crippen molar-refractivity contribution >= 4 is 38.9 Å². The van der Waals surface area contributed by atoms with E-state index in [1.54, 1.807) is 31.2 Å². The van der Waals surface area contributed by atoms with Crippen molar-refractivity contribution in [2.24, 2.45) is 5.10 Å². The summed E-state index contributed by atoms with van der Waals surface area (Å²) >= 11 is 6.15. The molecule has 0 atom stereocenters. The van der Waals surface area contributed by atoms with Gasteiger partial charge in [0.25, 0.3) is 15.9 Å². The van der Waals surface area contributed by atoms with E-state index in [0.29, 0.717) is 39.6 Å². The molecule has 0 saturated carbocycles. The number of carbonyl (C=O) groups is 1. The molecular weight excluding hydrogens is 559 g/mol. The van der Waals surface area contributed by atoms with Crippen LogP contribution >= 0.6 is 11.6 Å². The second-order valence-corrected chi connectivity index (χ2v) is 10.3. The quantitative estimate of drug-likeness (QED) is 0.251. The highest BCUT2D eigenvalue weighted by Gasteiger charge is 2.34. The Morgan fingerprint density at radius 3 is 2.26 bits per heavy atom. The van der Waals surface area contributed by atoms with Crippen LogP contribution in [-0.2, 0) is 21.0 Å². The van der Waals surface area contributed by atoms with Crippen LogP contribution < -0.4 is 19.2 Å². The molecule has 3 aromatic carbocycles. The van der Waals surface area contributed by atoms with E-state index in [4.69, 9.17) is 21.1 Å². The fourth-order valence-corrected chi connectivity index (χ4v) is 5.28. The van der Waals surface area contributed by atoms with E-state index >= 15 is 0 Å². The normalized spacial score (nSPS) is 12.1. The van der Waals surface area contributed by atoms with Gasteiger partial charge in [-0.2, -0.15) is 18.3 Å². The maximum Gasteiger partial charge on any atom is 0.416 e. The zero-order chi connectivity index (χ0) is 28.8. The summed E-state index contributed by atoms with van der Waals surface area (Å²) in [5.41, 5.74) is 1.68. The number of anilines is 1. The summed E-state index contributed by atoms with van der Waals surface area (Å²) in [7, 11) is -1.56. The molecule has 0 fully saturated rings. The molecule has 8 nitrogen and oxygen atoms in total. The van der Waals surface area contributed by atoms with Crippen molar-refractivity contribution < 1.29 is 35.9 Å². The summed E-state index contributed by atoms with van der Waals surface area (Å²) in [5.74, 6) is 0.0108. The standard InChI is InChI=1S/C26H25ClF3N3O5S/c1-4-21(17-10-13-23(37-2)24(14-17)38-3)31-32-25(34)16-33(39(35,36)19-8-6-5-7-9-19)22-15-18(26(28,29)30)11-12-20(22)27/h5-15H,4,16H2,1-3H3,(H,32,34). The van der Waals surface area contributed by atoms with Crippen LogP contribution in [0.2, 0.25) is 5.02 Å². The SMILES string of the molecule is CCC(=NNC(=O)CN(c1cc(C(F)(F)F)ccc1Cl)S(=O)(=O)c1ccccc1)c1ccc(OC)c(OC)c1. The minimum atomic E-state index is -4.77. The molecule has 1 amide bonds. The maximum atomic E-state index is 13.5. The van der Waals surface area contributed by atoms with Crippen molar-refractivity contribution in [2.75, 3.05) is 25.1 Å². The van der Waals surface area contributed by atoms with Crippen molar-refractivity contribution in [3.63, 3.8) is 0 Å². The monoisotopic (exact) mass is 583 g/mol. The molecule has 13 heteroatoms. The highest BCUT2D eigenvalue weighted by Crippen LogP contribution is 2.37. The van der Waals surface area contributed by atoms with Gasteiger partial charge in [-0.3, -0.25) is 9.10 Å². The van der Waals surface area contributed by atoms with Crippen LogP contribution in [0.5, 0.6) is 11.5 Å². The fraction of sp³-hybridized carbons (Fsp3) is 0.231. The first-order chi connectivity index (χ1) is 18.4. The molecule has 0 unspecified atom stereocenters. The molecule has 0 radical (unpaired) electrons. The first-order valence-electron chi connectivity index (χ1n) is 11.4. The van der Waals surface area contributed by atoms with Crippen LogP contribution in [0.15, 0.2) is 76.7 Å². The van der Waals surface area contributed by atoms with Crippen molar-refractivity contribution in [3.05, 3.63) is 82.9 Å². The first kappa shape index (κ1) is 29.8. The summed E-state index contributed by atoms with van der Waals surface area (Å²) in [6.07, 6.45) is -4.40. The Labute approximate surface area is 229 Å². The van der Waals surface area contributed by atoms with Crippen molar-refractivity contribution in [1.82, 2.24) is 5.43 Å². The van der Waals surface area contributed by atoms with E-state index in [-0.39, 0.29) is 9.92 Å². The summed E-state index contributed by atoms with van der Waals surface area (Å²) in [4.78, 5) is 12.7. The molecule has 0 aliphatic heterocycles. The van der Waals surface area contributed by atoms with Gasteiger partial charge in [-0.15, -0.1) is 0 Å². The Morgan fingerprint density at radius 2 is 1.67 bits per heavy atom. The van der Waals surface area contributed by atoms with Gasteiger partial charge >= 0.3 is 6.18 Å². The van der Waals surface area contributed by atoms with Crippen molar-refractivity contribution in [2.45, 2.75) is 24.4 Å².